The molecule has 2 aromatic rings. The minimum Gasteiger partial charge on any atom is -0.467 e. The summed E-state index contributed by atoms with van der Waals surface area (Å²) in [5.74, 6) is 2.01. The van der Waals surface area contributed by atoms with E-state index in [1.54, 1.807) is 25.3 Å². The molecule has 0 saturated heterocycles. The monoisotopic (exact) mass is 520 g/mol. The molecule has 0 N–H and O–H groups in total. The Kier molecular flexibility index (Phi) is 7.96. The van der Waals surface area contributed by atoms with E-state index in [-0.39, 0.29) is 30.2 Å². The average Bonchev–Trinajstić information content (AvgIpc) is 2.91. The van der Waals surface area contributed by atoms with E-state index in [1.165, 1.54) is 38.5 Å². The molecule has 202 valence electrons. The van der Waals surface area contributed by atoms with Gasteiger partial charge >= 0.3 is 5.97 Å². The van der Waals surface area contributed by atoms with Crippen molar-refractivity contribution in [3.05, 3.63) is 64.7 Å². The molecule has 7 nitrogen and oxygen atoms in total. The predicted molar refractivity (Wildman–Crippen MR) is 141 cm³/mol. The molecule has 38 heavy (non-hydrogen) atoms. The molecule has 0 spiro atoms. The van der Waals surface area contributed by atoms with Crippen LogP contribution in [0, 0.1) is 17.8 Å². The van der Waals surface area contributed by atoms with E-state index in [0.717, 1.165) is 48.3 Å². The van der Waals surface area contributed by atoms with Gasteiger partial charge in [-0.25, -0.2) is 4.79 Å². The van der Waals surface area contributed by atoms with Gasteiger partial charge in [-0.3, -0.25) is 9.59 Å². The molecule has 0 amide bonds. The van der Waals surface area contributed by atoms with Gasteiger partial charge in [0.2, 0.25) is 0 Å². The SMILES string of the molecule is COCCOCOc1ccc(C(=O)CC(=O)c2ccc(C(=O)OC)cc2)cc1C12CC3CC(CC(C3)C1)C2. The first-order chi connectivity index (χ1) is 18.4. The van der Waals surface area contributed by atoms with E-state index in [4.69, 9.17) is 18.9 Å². The van der Waals surface area contributed by atoms with E-state index >= 15 is 0 Å². The second-order valence-electron chi connectivity index (χ2n) is 11.2. The van der Waals surface area contributed by atoms with Gasteiger partial charge in [0.05, 0.1) is 32.3 Å². The Bertz CT molecular complexity index is 1150. The Labute approximate surface area is 223 Å². The number of ketones is 2. The van der Waals surface area contributed by atoms with E-state index in [0.29, 0.717) is 29.9 Å². The van der Waals surface area contributed by atoms with Crippen molar-refractivity contribution in [3.8, 4) is 5.75 Å². The summed E-state index contributed by atoms with van der Waals surface area (Å²) in [6, 6.07) is 11.8. The quantitative estimate of drug-likeness (QED) is 0.122. The van der Waals surface area contributed by atoms with Gasteiger partial charge in [0, 0.05) is 23.8 Å². The summed E-state index contributed by atoms with van der Waals surface area (Å²) in [4.78, 5) is 37.9. The Morgan fingerprint density at radius 1 is 0.789 bits per heavy atom. The van der Waals surface area contributed by atoms with Gasteiger partial charge < -0.3 is 18.9 Å². The molecular formula is C31H36O7. The number of Topliss-reactive ketones (excluding diaryl/α,β-unsaturated/α-hetero) is 2. The van der Waals surface area contributed by atoms with Gasteiger partial charge in [-0.1, -0.05) is 12.1 Å². The largest absolute Gasteiger partial charge is 0.467 e. The summed E-state index contributed by atoms with van der Waals surface area (Å²) >= 11 is 0. The zero-order chi connectivity index (χ0) is 26.7. The van der Waals surface area contributed by atoms with Gasteiger partial charge in [-0.2, -0.15) is 0 Å². The Balaban J connectivity index is 1.36. The maximum absolute atomic E-state index is 13.3. The maximum Gasteiger partial charge on any atom is 0.337 e. The number of esters is 1. The molecule has 4 bridgehead atoms. The first-order valence-corrected chi connectivity index (χ1v) is 13.5. The molecule has 0 aromatic heterocycles. The lowest BCUT2D eigenvalue weighted by Crippen LogP contribution is -2.48. The summed E-state index contributed by atoms with van der Waals surface area (Å²) in [5.41, 5.74) is 2.38. The van der Waals surface area contributed by atoms with E-state index in [2.05, 4.69) is 0 Å². The maximum atomic E-state index is 13.3. The molecule has 4 aliphatic rings. The lowest BCUT2D eigenvalue weighted by Gasteiger charge is -2.57. The van der Waals surface area contributed by atoms with Crippen molar-refractivity contribution < 1.29 is 33.3 Å². The van der Waals surface area contributed by atoms with Crippen molar-refractivity contribution in [3.63, 3.8) is 0 Å². The van der Waals surface area contributed by atoms with Crippen LogP contribution in [-0.4, -0.2) is 51.8 Å². The second-order valence-corrected chi connectivity index (χ2v) is 11.2. The van der Waals surface area contributed by atoms with Gasteiger partial charge in [-0.05, 0) is 92.0 Å². The highest BCUT2D eigenvalue weighted by molar-refractivity contribution is 6.13. The lowest BCUT2D eigenvalue weighted by atomic mass is 9.48. The first kappa shape index (κ1) is 26.6. The van der Waals surface area contributed by atoms with Crippen LogP contribution in [0.3, 0.4) is 0 Å². The molecule has 7 heteroatoms. The number of hydrogen-bond acceptors (Lipinski definition) is 7. The van der Waals surface area contributed by atoms with Crippen LogP contribution in [0.15, 0.2) is 42.5 Å². The molecule has 6 rings (SSSR count). The van der Waals surface area contributed by atoms with Gasteiger partial charge in [0.1, 0.15) is 5.75 Å². The number of methoxy groups -OCH3 is 2. The first-order valence-electron chi connectivity index (χ1n) is 13.5. The summed E-state index contributed by atoms with van der Waals surface area (Å²) in [5, 5.41) is 0. The molecule has 4 saturated carbocycles. The summed E-state index contributed by atoms with van der Waals surface area (Å²) in [6.07, 6.45) is 7.10. The minimum atomic E-state index is -0.469. The van der Waals surface area contributed by atoms with Crippen LogP contribution in [0.25, 0.3) is 0 Å². The van der Waals surface area contributed by atoms with Crippen molar-refractivity contribution in [2.45, 2.75) is 50.4 Å². The highest BCUT2D eigenvalue weighted by Crippen LogP contribution is 2.62. The van der Waals surface area contributed by atoms with Crippen LogP contribution in [0.5, 0.6) is 5.75 Å². The molecule has 0 heterocycles. The topological polar surface area (TPSA) is 88.1 Å². The van der Waals surface area contributed by atoms with Crippen LogP contribution in [-0.2, 0) is 19.6 Å². The summed E-state index contributed by atoms with van der Waals surface area (Å²) in [6.45, 7) is 1.07. The van der Waals surface area contributed by atoms with E-state index in [9.17, 15) is 14.4 Å². The van der Waals surface area contributed by atoms with Crippen molar-refractivity contribution in [1.82, 2.24) is 0 Å². The van der Waals surface area contributed by atoms with Crippen molar-refractivity contribution >= 4 is 17.5 Å². The second kappa shape index (κ2) is 11.4. The fourth-order valence-electron chi connectivity index (χ4n) is 7.25. The molecule has 4 aliphatic carbocycles. The van der Waals surface area contributed by atoms with Crippen molar-refractivity contribution in [2.24, 2.45) is 17.8 Å². The minimum absolute atomic E-state index is 0.0145. The molecule has 2 aromatic carbocycles. The molecule has 4 fully saturated rings. The van der Waals surface area contributed by atoms with Crippen LogP contribution in [0.1, 0.15) is 81.6 Å². The zero-order valence-electron chi connectivity index (χ0n) is 22.2. The van der Waals surface area contributed by atoms with E-state index < -0.39 is 5.97 Å². The fourth-order valence-corrected chi connectivity index (χ4v) is 7.25. The van der Waals surface area contributed by atoms with Crippen LogP contribution < -0.4 is 4.74 Å². The standard InChI is InChI=1S/C31H36O7/c1-35-9-10-37-19-38-29-8-7-25(14-26(29)31-16-20-11-21(17-31)13-22(12-20)18-31)28(33)15-27(32)23-3-5-24(6-4-23)30(34)36-2/h3-8,14,20-22H,9-13,15-19H2,1-2H3. The highest BCUT2D eigenvalue weighted by atomic mass is 16.7. The van der Waals surface area contributed by atoms with Crippen LogP contribution in [0.2, 0.25) is 0 Å². The molecule has 0 aliphatic heterocycles. The number of rotatable bonds is 12. The number of hydrogen-bond donors (Lipinski definition) is 0. The van der Waals surface area contributed by atoms with Gasteiger partial charge in [-0.15, -0.1) is 0 Å². The number of ether oxygens (including phenoxy) is 4. The van der Waals surface area contributed by atoms with Crippen LogP contribution in [0.4, 0.5) is 0 Å². The highest BCUT2D eigenvalue weighted by Gasteiger charge is 2.52. The zero-order valence-corrected chi connectivity index (χ0v) is 22.2. The third-order valence-electron chi connectivity index (χ3n) is 8.59. The molecular weight excluding hydrogens is 484 g/mol. The van der Waals surface area contributed by atoms with Crippen molar-refractivity contribution in [2.75, 3.05) is 34.2 Å². The predicted octanol–water partition coefficient (Wildman–Crippen LogP) is 5.40. The van der Waals surface area contributed by atoms with Crippen molar-refractivity contribution in [1.29, 1.82) is 0 Å². The fraction of sp³-hybridized carbons (Fsp3) is 0.516. The molecule has 0 unspecified atom stereocenters. The third kappa shape index (κ3) is 5.54. The van der Waals surface area contributed by atoms with Gasteiger partial charge in [0.25, 0.3) is 0 Å². The smallest absolute Gasteiger partial charge is 0.337 e. The summed E-state index contributed by atoms with van der Waals surface area (Å²) in [7, 11) is 2.94. The van der Waals surface area contributed by atoms with Gasteiger partial charge in [0.15, 0.2) is 18.4 Å². The number of carbonyl (C=O) groups is 3. The number of carbonyl (C=O) groups excluding carboxylic acids is 3. The molecule has 0 atom stereocenters. The molecule has 0 radical (unpaired) electrons. The lowest BCUT2D eigenvalue weighted by molar-refractivity contribution is -0.0189. The number of benzene rings is 2. The Morgan fingerprint density at radius 2 is 1.37 bits per heavy atom. The normalized spacial score (nSPS) is 25.3. The Morgan fingerprint density at radius 3 is 1.97 bits per heavy atom. The summed E-state index contributed by atoms with van der Waals surface area (Å²) < 4.78 is 21.4. The third-order valence-corrected chi connectivity index (χ3v) is 8.59. The average molecular weight is 521 g/mol. The van der Waals surface area contributed by atoms with E-state index in [1.807, 2.05) is 12.1 Å². The van der Waals surface area contributed by atoms with Crippen LogP contribution >= 0.6 is 0 Å². The Hall–Kier alpha value is -3.03.